The lowest BCUT2D eigenvalue weighted by atomic mass is 10.2. The lowest BCUT2D eigenvalue weighted by molar-refractivity contribution is 0.470. The van der Waals surface area contributed by atoms with E-state index in [0.717, 1.165) is 55.7 Å². The number of aliphatic imine (C=N–C) groups is 1. The first kappa shape index (κ1) is 20.2. The van der Waals surface area contributed by atoms with Gasteiger partial charge in [0.2, 0.25) is 0 Å². The normalized spacial score (nSPS) is 11.5. The van der Waals surface area contributed by atoms with E-state index in [2.05, 4.69) is 76.8 Å². The molecule has 6 heteroatoms. The summed E-state index contributed by atoms with van der Waals surface area (Å²) >= 11 is 1.69. The van der Waals surface area contributed by atoms with Gasteiger partial charge in [0.1, 0.15) is 0 Å². The van der Waals surface area contributed by atoms with Crippen molar-refractivity contribution in [2.45, 2.75) is 33.2 Å². The second kappa shape index (κ2) is 10.8. The zero-order valence-electron chi connectivity index (χ0n) is 16.4. The summed E-state index contributed by atoms with van der Waals surface area (Å²) in [7, 11) is 4.21. The number of benzene rings is 1. The zero-order valence-corrected chi connectivity index (χ0v) is 17.2. The van der Waals surface area contributed by atoms with Crippen molar-refractivity contribution in [2.75, 3.05) is 38.6 Å². The number of hydrogen-bond acceptors (Lipinski definition) is 4. The number of anilines is 1. The number of rotatable bonds is 9. The predicted molar refractivity (Wildman–Crippen MR) is 113 cm³/mol. The molecule has 0 amide bonds. The van der Waals surface area contributed by atoms with Crippen LogP contribution in [0.1, 0.15) is 30.5 Å². The molecule has 0 unspecified atom stereocenters. The minimum absolute atomic E-state index is 0.785. The minimum Gasteiger partial charge on any atom is -0.375 e. The van der Waals surface area contributed by atoms with Gasteiger partial charge in [-0.3, -0.25) is 4.99 Å². The van der Waals surface area contributed by atoms with Crippen molar-refractivity contribution in [3.05, 3.63) is 46.4 Å². The van der Waals surface area contributed by atoms with Crippen molar-refractivity contribution in [1.29, 1.82) is 0 Å². The van der Waals surface area contributed by atoms with Gasteiger partial charge in [0.05, 0.1) is 17.2 Å². The van der Waals surface area contributed by atoms with Gasteiger partial charge in [0.25, 0.3) is 0 Å². The van der Waals surface area contributed by atoms with E-state index in [1.54, 1.807) is 11.3 Å². The molecule has 0 bridgehead atoms. The summed E-state index contributed by atoms with van der Waals surface area (Å²) in [5, 5.41) is 6.61. The van der Waals surface area contributed by atoms with Crippen molar-refractivity contribution in [3.8, 4) is 0 Å². The van der Waals surface area contributed by atoms with Gasteiger partial charge in [-0.05, 0) is 38.8 Å². The highest BCUT2D eigenvalue weighted by molar-refractivity contribution is 7.09. The Morgan fingerprint density at radius 1 is 1.19 bits per heavy atom. The number of aryl methyl sites for hydroxylation is 1. The number of aromatic nitrogens is 1. The Morgan fingerprint density at radius 2 is 1.96 bits per heavy atom. The first-order chi connectivity index (χ1) is 12.6. The molecule has 0 saturated heterocycles. The summed E-state index contributed by atoms with van der Waals surface area (Å²) in [4.78, 5) is 13.8. The summed E-state index contributed by atoms with van der Waals surface area (Å²) in [5.41, 5.74) is 2.37. The molecule has 26 heavy (non-hydrogen) atoms. The van der Waals surface area contributed by atoms with E-state index in [0.29, 0.717) is 0 Å². The van der Waals surface area contributed by atoms with E-state index in [9.17, 15) is 0 Å². The van der Waals surface area contributed by atoms with Crippen molar-refractivity contribution in [3.63, 3.8) is 0 Å². The van der Waals surface area contributed by atoms with Gasteiger partial charge in [-0.1, -0.05) is 18.2 Å². The average molecular weight is 374 g/mol. The Balaban J connectivity index is 1.77. The molecule has 5 nitrogen and oxygen atoms in total. The average Bonchev–Trinajstić information content (AvgIpc) is 3.05. The standard InChI is InChI=1S/C20H31N5S/c1-5-21-20(25(4)15-18-16-26-17(2)23-18)22-13-9-10-14-24(3)19-11-7-6-8-12-19/h6-8,11-12,16H,5,9-10,13-15H2,1-4H3,(H,21,22). The second-order valence-electron chi connectivity index (χ2n) is 6.41. The molecule has 2 rings (SSSR count). The molecule has 142 valence electrons. The van der Waals surface area contributed by atoms with E-state index < -0.39 is 0 Å². The Labute approximate surface area is 161 Å². The largest absolute Gasteiger partial charge is 0.375 e. The number of nitrogens with one attached hydrogen (secondary N) is 1. The highest BCUT2D eigenvalue weighted by atomic mass is 32.1. The first-order valence-corrected chi connectivity index (χ1v) is 10.1. The predicted octanol–water partition coefficient (Wildman–Crippen LogP) is 3.77. The van der Waals surface area contributed by atoms with Crippen LogP contribution in [0.2, 0.25) is 0 Å². The van der Waals surface area contributed by atoms with E-state index in [-0.39, 0.29) is 0 Å². The molecular weight excluding hydrogens is 342 g/mol. The van der Waals surface area contributed by atoms with Gasteiger partial charge in [0.15, 0.2) is 5.96 Å². The first-order valence-electron chi connectivity index (χ1n) is 9.26. The maximum Gasteiger partial charge on any atom is 0.194 e. The van der Waals surface area contributed by atoms with Crippen LogP contribution in [-0.4, -0.2) is 49.6 Å². The monoisotopic (exact) mass is 373 g/mol. The lowest BCUT2D eigenvalue weighted by Crippen LogP contribution is -2.38. The number of thiazole rings is 1. The number of hydrogen-bond donors (Lipinski definition) is 1. The summed E-state index contributed by atoms with van der Waals surface area (Å²) < 4.78 is 0. The van der Waals surface area contributed by atoms with E-state index in [1.807, 2.05) is 6.92 Å². The van der Waals surface area contributed by atoms with Crippen LogP contribution in [0.4, 0.5) is 5.69 Å². The molecule has 1 N–H and O–H groups in total. The molecule has 1 aromatic heterocycles. The molecule has 0 radical (unpaired) electrons. The van der Waals surface area contributed by atoms with Gasteiger partial charge in [-0.15, -0.1) is 11.3 Å². The SMILES string of the molecule is CCNC(=NCCCCN(C)c1ccccc1)N(C)Cc1csc(C)n1. The van der Waals surface area contributed by atoms with E-state index in [1.165, 1.54) is 5.69 Å². The van der Waals surface area contributed by atoms with E-state index >= 15 is 0 Å². The molecule has 2 aromatic rings. The number of para-hydroxylation sites is 1. The summed E-state index contributed by atoms with van der Waals surface area (Å²) in [6.45, 7) is 7.68. The Bertz CT molecular complexity index is 668. The minimum atomic E-state index is 0.785. The molecular formula is C20H31N5S. The topological polar surface area (TPSA) is 43.8 Å². The Hall–Kier alpha value is -2.08. The summed E-state index contributed by atoms with van der Waals surface area (Å²) in [5.74, 6) is 0.953. The van der Waals surface area contributed by atoms with Crippen molar-refractivity contribution in [2.24, 2.45) is 4.99 Å². The van der Waals surface area contributed by atoms with Gasteiger partial charge in [-0.25, -0.2) is 4.98 Å². The lowest BCUT2D eigenvalue weighted by Gasteiger charge is -2.21. The number of nitrogens with zero attached hydrogens (tertiary/aromatic N) is 4. The van der Waals surface area contributed by atoms with Crippen LogP contribution in [0.25, 0.3) is 0 Å². The fourth-order valence-corrected chi connectivity index (χ4v) is 3.33. The maximum atomic E-state index is 4.77. The number of unbranched alkanes of at least 4 members (excludes halogenated alkanes) is 1. The molecule has 1 heterocycles. The molecule has 1 aromatic carbocycles. The van der Waals surface area contributed by atoms with Crippen LogP contribution in [0.3, 0.4) is 0 Å². The van der Waals surface area contributed by atoms with Crippen molar-refractivity contribution < 1.29 is 0 Å². The van der Waals surface area contributed by atoms with Crippen molar-refractivity contribution >= 4 is 23.0 Å². The highest BCUT2D eigenvalue weighted by Crippen LogP contribution is 2.12. The molecule has 0 spiro atoms. The molecule has 0 saturated carbocycles. The third kappa shape index (κ3) is 6.67. The fraction of sp³-hybridized carbons (Fsp3) is 0.500. The molecule has 0 fully saturated rings. The molecule has 0 aliphatic heterocycles. The Morgan fingerprint density at radius 3 is 2.62 bits per heavy atom. The van der Waals surface area contributed by atoms with Gasteiger partial charge >= 0.3 is 0 Å². The smallest absolute Gasteiger partial charge is 0.194 e. The van der Waals surface area contributed by atoms with E-state index in [4.69, 9.17) is 4.99 Å². The van der Waals surface area contributed by atoms with Gasteiger partial charge in [0, 0.05) is 44.8 Å². The van der Waals surface area contributed by atoms with Crippen LogP contribution in [0, 0.1) is 6.92 Å². The van der Waals surface area contributed by atoms with Gasteiger partial charge in [-0.2, -0.15) is 0 Å². The van der Waals surface area contributed by atoms with Crippen LogP contribution >= 0.6 is 11.3 Å². The maximum absolute atomic E-state index is 4.77. The second-order valence-corrected chi connectivity index (χ2v) is 7.48. The van der Waals surface area contributed by atoms with Gasteiger partial charge < -0.3 is 15.1 Å². The summed E-state index contributed by atoms with van der Waals surface area (Å²) in [6.07, 6.45) is 2.21. The molecule has 0 aliphatic rings. The third-order valence-corrected chi connectivity index (χ3v) is 4.94. The Kier molecular flexibility index (Phi) is 8.41. The fourth-order valence-electron chi connectivity index (χ4n) is 2.73. The van der Waals surface area contributed by atoms with Crippen LogP contribution in [0.5, 0.6) is 0 Å². The molecule has 0 atom stereocenters. The summed E-state index contributed by atoms with van der Waals surface area (Å²) in [6, 6.07) is 10.5. The highest BCUT2D eigenvalue weighted by Gasteiger charge is 2.08. The van der Waals surface area contributed by atoms with Crippen LogP contribution < -0.4 is 10.2 Å². The molecule has 0 aliphatic carbocycles. The quantitative estimate of drug-likeness (QED) is 0.413. The van der Waals surface area contributed by atoms with Crippen LogP contribution in [0.15, 0.2) is 40.7 Å². The third-order valence-electron chi connectivity index (χ3n) is 4.12. The van der Waals surface area contributed by atoms with Crippen LogP contribution in [-0.2, 0) is 6.54 Å². The van der Waals surface area contributed by atoms with Crippen molar-refractivity contribution in [1.82, 2.24) is 15.2 Å². The number of guanidine groups is 1. The zero-order chi connectivity index (χ0) is 18.8.